The summed E-state index contributed by atoms with van der Waals surface area (Å²) in [6, 6.07) is 6.84. The monoisotopic (exact) mass is 596 g/mol. The molecule has 0 fully saturated rings. The molecule has 2 amide bonds. The fraction of sp³-hybridized carbons (Fsp3) is 0.607. The predicted octanol–water partition coefficient (Wildman–Crippen LogP) is 4.62. The lowest BCUT2D eigenvalue weighted by Crippen LogP contribution is -2.55. The SMILES string of the molecule is CCOP(=O)(N[C@@H](Cc1ccccc1)C(=O)N[C@@H](CC(C)C)C(=O)N[C@H](CC(C)C)[C@H](O)c1nccs1)OCC. The van der Waals surface area contributed by atoms with Gasteiger partial charge in [-0.05, 0) is 50.5 Å². The summed E-state index contributed by atoms with van der Waals surface area (Å²) < 4.78 is 24.1. The van der Waals surface area contributed by atoms with Crippen molar-refractivity contribution in [3.05, 3.63) is 52.5 Å². The van der Waals surface area contributed by atoms with Crippen LogP contribution in [-0.4, -0.2) is 53.2 Å². The normalized spacial score (nSPS) is 15.0. The number of aliphatic hydroxyl groups is 1. The number of hydrogen-bond donors (Lipinski definition) is 4. The lowest BCUT2D eigenvalue weighted by molar-refractivity contribution is -0.131. The molecule has 0 saturated heterocycles. The highest BCUT2D eigenvalue weighted by Crippen LogP contribution is 2.44. The lowest BCUT2D eigenvalue weighted by Gasteiger charge is -2.29. The Morgan fingerprint density at radius 2 is 1.55 bits per heavy atom. The van der Waals surface area contributed by atoms with E-state index < -0.39 is 43.8 Å². The number of aromatic nitrogens is 1. The second kappa shape index (κ2) is 17.0. The van der Waals surface area contributed by atoms with Gasteiger partial charge in [0.05, 0.1) is 19.3 Å². The maximum Gasteiger partial charge on any atom is 0.406 e. The second-order valence-electron chi connectivity index (χ2n) is 10.5. The quantitative estimate of drug-likeness (QED) is 0.183. The predicted molar refractivity (Wildman–Crippen MR) is 158 cm³/mol. The van der Waals surface area contributed by atoms with E-state index in [4.69, 9.17) is 9.05 Å². The molecule has 40 heavy (non-hydrogen) atoms. The van der Waals surface area contributed by atoms with Crippen LogP contribution in [0.25, 0.3) is 0 Å². The van der Waals surface area contributed by atoms with Gasteiger partial charge in [-0.2, -0.15) is 0 Å². The Labute approximate surface area is 242 Å². The summed E-state index contributed by atoms with van der Waals surface area (Å²) in [7, 11) is -3.79. The van der Waals surface area contributed by atoms with E-state index in [2.05, 4.69) is 20.7 Å². The van der Waals surface area contributed by atoms with Crippen LogP contribution in [0.3, 0.4) is 0 Å². The third-order valence-electron chi connectivity index (χ3n) is 5.99. The lowest BCUT2D eigenvalue weighted by atomic mass is 9.97. The number of carbonyl (C=O) groups excluding carboxylic acids is 2. The van der Waals surface area contributed by atoms with Crippen LogP contribution in [0, 0.1) is 11.8 Å². The molecular weight excluding hydrogens is 551 g/mol. The zero-order valence-corrected chi connectivity index (χ0v) is 26.0. The van der Waals surface area contributed by atoms with Crippen molar-refractivity contribution in [3.8, 4) is 0 Å². The molecule has 0 aliphatic rings. The van der Waals surface area contributed by atoms with Crippen LogP contribution in [-0.2, 0) is 29.6 Å². The number of aliphatic hydroxyl groups excluding tert-OH is 1. The molecule has 2 rings (SSSR count). The van der Waals surface area contributed by atoms with Crippen molar-refractivity contribution >= 4 is 30.9 Å². The topological polar surface area (TPSA) is 139 Å². The van der Waals surface area contributed by atoms with Gasteiger partial charge in [0.1, 0.15) is 23.2 Å². The zero-order valence-electron chi connectivity index (χ0n) is 24.3. The van der Waals surface area contributed by atoms with Gasteiger partial charge in [0, 0.05) is 11.6 Å². The maximum absolute atomic E-state index is 13.7. The standard InChI is InChI=1S/C28H45N4O6PS/c1-7-37-39(36,38-8-2)32-24(18-21-12-10-9-11-13-21)27(35)31-23(17-20(5)6)26(34)30-22(16-19(3)4)25(33)28-29-14-15-40-28/h9-15,19-20,22-25,33H,7-8,16-18H2,1-6H3,(H,30,34)(H,31,35)(H,32,36)/t22-,23+,24+,25+/m1/s1. The first-order chi connectivity index (χ1) is 19.0. The molecule has 0 saturated carbocycles. The van der Waals surface area contributed by atoms with Gasteiger partial charge in [-0.25, -0.2) is 14.6 Å². The van der Waals surface area contributed by atoms with E-state index in [1.165, 1.54) is 11.3 Å². The molecule has 0 unspecified atom stereocenters. The summed E-state index contributed by atoms with van der Waals surface area (Å²) in [6.07, 6.45) is 1.73. The first kappa shape index (κ1) is 34.1. The van der Waals surface area contributed by atoms with Crippen LogP contribution in [0.4, 0.5) is 0 Å². The molecule has 0 radical (unpaired) electrons. The molecule has 10 nitrogen and oxygen atoms in total. The van der Waals surface area contributed by atoms with Crippen molar-refractivity contribution in [1.29, 1.82) is 0 Å². The minimum atomic E-state index is -3.79. The molecule has 1 aromatic heterocycles. The van der Waals surface area contributed by atoms with Crippen molar-refractivity contribution < 1.29 is 28.3 Å². The highest BCUT2D eigenvalue weighted by atomic mass is 32.1. The van der Waals surface area contributed by atoms with Gasteiger partial charge in [0.2, 0.25) is 11.8 Å². The van der Waals surface area contributed by atoms with Crippen molar-refractivity contribution in [2.75, 3.05) is 13.2 Å². The number of amides is 2. The number of carbonyl (C=O) groups is 2. The van der Waals surface area contributed by atoms with Crippen LogP contribution in [0.15, 0.2) is 41.9 Å². The fourth-order valence-electron chi connectivity index (χ4n) is 4.28. The van der Waals surface area contributed by atoms with E-state index in [0.29, 0.717) is 17.8 Å². The minimum Gasteiger partial charge on any atom is -0.384 e. The molecule has 1 aromatic carbocycles. The molecule has 0 aliphatic carbocycles. The van der Waals surface area contributed by atoms with Gasteiger partial charge >= 0.3 is 7.75 Å². The number of nitrogens with zero attached hydrogens (tertiary/aromatic N) is 1. The Balaban J connectivity index is 2.29. The average molecular weight is 597 g/mol. The summed E-state index contributed by atoms with van der Waals surface area (Å²) in [4.78, 5) is 31.5. The Bertz CT molecular complexity index is 1060. The Morgan fingerprint density at radius 3 is 2.08 bits per heavy atom. The van der Waals surface area contributed by atoms with E-state index >= 15 is 0 Å². The first-order valence-corrected chi connectivity index (χ1v) is 16.3. The van der Waals surface area contributed by atoms with Gasteiger partial charge in [-0.15, -0.1) is 11.3 Å². The molecule has 4 N–H and O–H groups in total. The molecular formula is C28H45N4O6PS. The Kier molecular flexibility index (Phi) is 14.4. The summed E-state index contributed by atoms with van der Waals surface area (Å²) in [5.74, 6) is -0.629. The third-order valence-corrected chi connectivity index (χ3v) is 8.66. The van der Waals surface area contributed by atoms with Gasteiger partial charge < -0.3 is 15.7 Å². The third kappa shape index (κ3) is 11.4. The Hall–Kier alpha value is -2.14. The van der Waals surface area contributed by atoms with E-state index in [0.717, 1.165) is 5.56 Å². The smallest absolute Gasteiger partial charge is 0.384 e. The van der Waals surface area contributed by atoms with Crippen molar-refractivity contribution in [2.45, 2.75) is 85.0 Å². The molecule has 224 valence electrons. The zero-order chi connectivity index (χ0) is 29.7. The van der Waals surface area contributed by atoms with Gasteiger partial charge in [0.25, 0.3) is 0 Å². The number of rotatable bonds is 18. The average Bonchev–Trinajstić information content (AvgIpc) is 3.42. The largest absolute Gasteiger partial charge is 0.406 e. The molecule has 12 heteroatoms. The number of thiazole rings is 1. The molecule has 0 bridgehead atoms. The second-order valence-corrected chi connectivity index (χ2v) is 13.2. The van der Waals surface area contributed by atoms with Crippen LogP contribution < -0.4 is 15.7 Å². The Morgan fingerprint density at radius 1 is 0.950 bits per heavy atom. The molecule has 4 atom stereocenters. The van der Waals surface area contributed by atoms with Gasteiger partial charge in [-0.1, -0.05) is 58.0 Å². The molecule has 0 spiro atoms. The molecule has 0 aliphatic heterocycles. The summed E-state index contributed by atoms with van der Waals surface area (Å²) in [6.45, 7) is 11.6. The highest BCUT2D eigenvalue weighted by molar-refractivity contribution is 7.51. The van der Waals surface area contributed by atoms with Crippen LogP contribution in [0.1, 0.15) is 71.1 Å². The summed E-state index contributed by atoms with van der Waals surface area (Å²) in [5, 5.41) is 21.9. The number of nitrogens with one attached hydrogen (secondary N) is 3. The fourth-order valence-corrected chi connectivity index (χ4v) is 6.46. The highest BCUT2D eigenvalue weighted by Gasteiger charge is 2.35. The van der Waals surface area contributed by atoms with Crippen LogP contribution in [0.2, 0.25) is 0 Å². The van der Waals surface area contributed by atoms with E-state index in [1.54, 1.807) is 25.4 Å². The van der Waals surface area contributed by atoms with Crippen LogP contribution in [0.5, 0.6) is 0 Å². The maximum atomic E-state index is 13.7. The van der Waals surface area contributed by atoms with E-state index in [-0.39, 0.29) is 31.5 Å². The number of hydrogen-bond acceptors (Lipinski definition) is 8. The first-order valence-electron chi connectivity index (χ1n) is 13.9. The van der Waals surface area contributed by atoms with Gasteiger partial charge in [-0.3, -0.25) is 18.6 Å². The molecule has 1 heterocycles. The van der Waals surface area contributed by atoms with E-state index in [9.17, 15) is 19.3 Å². The van der Waals surface area contributed by atoms with Crippen LogP contribution >= 0.6 is 19.1 Å². The molecule has 2 aromatic rings. The van der Waals surface area contributed by atoms with E-state index in [1.807, 2.05) is 58.0 Å². The summed E-state index contributed by atoms with van der Waals surface area (Å²) in [5.41, 5.74) is 0.836. The van der Waals surface area contributed by atoms with Crippen molar-refractivity contribution in [3.63, 3.8) is 0 Å². The minimum absolute atomic E-state index is 0.0852. The number of benzene rings is 1. The van der Waals surface area contributed by atoms with Crippen molar-refractivity contribution in [1.82, 2.24) is 20.7 Å². The van der Waals surface area contributed by atoms with Crippen molar-refractivity contribution in [2.24, 2.45) is 11.8 Å². The van der Waals surface area contributed by atoms with Gasteiger partial charge in [0.15, 0.2) is 0 Å². The summed E-state index contributed by atoms with van der Waals surface area (Å²) >= 11 is 1.32.